The molecule has 0 amide bonds. The summed E-state index contributed by atoms with van der Waals surface area (Å²) in [6.07, 6.45) is 0. The maximum absolute atomic E-state index is 10.4. The van der Waals surface area contributed by atoms with Gasteiger partial charge >= 0.3 is 0 Å². The first-order valence-electron chi connectivity index (χ1n) is 2.37. The van der Waals surface area contributed by atoms with Crippen LogP contribution >= 0.6 is 0 Å². The van der Waals surface area contributed by atoms with Gasteiger partial charge in [-0.05, 0) is 0 Å². The van der Waals surface area contributed by atoms with Crippen molar-refractivity contribution >= 4 is 20.8 Å². The van der Waals surface area contributed by atoms with Crippen LogP contribution in [0.2, 0.25) is 0 Å². The molecule has 0 aromatic heterocycles. The van der Waals surface area contributed by atoms with Crippen LogP contribution < -0.4 is 5.14 Å². The molecule has 1 heterocycles. The van der Waals surface area contributed by atoms with Crippen LogP contribution in [-0.2, 0) is 20.8 Å². The SMILES string of the molecule is NS(=O)C1CS(=O)(=O)C1. The van der Waals surface area contributed by atoms with E-state index in [1.807, 2.05) is 0 Å². The molecular weight excluding hydrogens is 162 g/mol. The van der Waals surface area contributed by atoms with E-state index in [1.165, 1.54) is 0 Å². The number of rotatable bonds is 1. The van der Waals surface area contributed by atoms with Gasteiger partial charge in [-0.15, -0.1) is 0 Å². The van der Waals surface area contributed by atoms with Gasteiger partial charge in [0.05, 0.1) is 27.7 Å². The van der Waals surface area contributed by atoms with Gasteiger partial charge in [0.2, 0.25) is 0 Å². The number of nitrogens with two attached hydrogens (primary N) is 1. The van der Waals surface area contributed by atoms with Crippen molar-refractivity contribution in [1.82, 2.24) is 0 Å². The highest BCUT2D eigenvalue weighted by Crippen LogP contribution is 2.13. The summed E-state index contributed by atoms with van der Waals surface area (Å²) in [6, 6.07) is 0. The predicted molar refractivity (Wildman–Crippen MR) is 34.8 cm³/mol. The number of sulfone groups is 1. The third kappa shape index (κ3) is 1.50. The summed E-state index contributed by atoms with van der Waals surface area (Å²) in [6.45, 7) is 0. The lowest BCUT2D eigenvalue weighted by atomic mass is 10.5. The molecule has 6 heteroatoms. The summed E-state index contributed by atoms with van der Waals surface area (Å²) < 4.78 is 31.2. The van der Waals surface area contributed by atoms with Crippen molar-refractivity contribution in [3.8, 4) is 0 Å². The van der Waals surface area contributed by atoms with Crippen molar-refractivity contribution in [2.24, 2.45) is 5.14 Å². The second-order valence-electron chi connectivity index (χ2n) is 2.03. The highest BCUT2D eigenvalue weighted by molar-refractivity contribution is 7.96. The van der Waals surface area contributed by atoms with Crippen molar-refractivity contribution in [2.45, 2.75) is 5.25 Å². The van der Waals surface area contributed by atoms with Gasteiger partial charge in [0.1, 0.15) is 0 Å². The van der Waals surface area contributed by atoms with E-state index in [1.54, 1.807) is 0 Å². The van der Waals surface area contributed by atoms with Crippen molar-refractivity contribution in [3.63, 3.8) is 0 Å². The van der Waals surface area contributed by atoms with E-state index in [4.69, 9.17) is 5.14 Å². The second kappa shape index (κ2) is 2.03. The van der Waals surface area contributed by atoms with Crippen molar-refractivity contribution < 1.29 is 12.6 Å². The molecule has 1 saturated heterocycles. The first kappa shape index (κ1) is 7.17. The van der Waals surface area contributed by atoms with Crippen molar-refractivity contribution in [2.75, 3.05) is 11.5 Å². The largest absolute Gasteiger partial charge is 0.251 e. The summed E-state index contributed by atoms with van der Waals surface area (Å²) in [5.74, 6) is -0.00772. The van der Waals surface area contributed by atoms with E-state index in [0.717, 1.165) is 0 Å². The lowest BCUT2D eigenvalue weighted by Crippen LogP contribution is -2.46. The molecule has 1 aliphatic rings. The molecule has 0 bridgehead atoms. The molecule has 0 aromatic rings. The standard InChI is InChI=1S/C3H7NO3S2/c4-8(5)3-1-9(6,7)2-3/h3H,1-2,4H2. The number of hydrogen-bond acceptors (Lipinski definition) is 3. The molecule has 9 heavy (non-hydrogen) atoms. The maximum Gasteiger partial charge on any atom is 0.152 e. The lowest BCUT2D eigenvalue weighted by Gasteiger charge is -2.22. The molecule has 0 aliphatic carbocycles. The average Bonchev–Trinajstić information content (AvgIpc) is 1.59. The Balaban J connectivity index is 2.55. The summed E-state index contributed by atoms with van der Waals surface area (Å²) in [5.41, 5.74) is 0. The molecule has 54 valence electrons. The minimum atomic E-state index is -2.85. The highest BCUT2D eigenvalue weighted by Gasteiger charge is 2.36. The van der Waals surface area contributed by atoms with Gasteiger partial charge in [-0.2, -0.15) is 0 Å². The molecule has 0 aromatic carbocycles. The Bertz CT molecular complexity index is 219. The van der Waals surface area contributed by atoms with Gasteiger partial charge in [0.15, 0.2) is 9.84 Å². The van der Waals surface area contributed by atoms with Crippen LogP contribution in [0.25, 0.3) is 0 Å². The molecule has 0 radical (unpaired) electrons. The Morgan fingerprint density at radius 2 is 1.89 bits per heavy atom. The first-order valence-corrected chi connectivity index (χ1v) is 5.46. The van der Waals surface area contributed by atoms with Gasteiger partial charge in [-0.25, -0.2) is 12.6 Å². The van der Waals surface area contributed by atoms with Gasteiger partial charge in [0.25, 0.3) is 0 Å². The normalized spacial score (nSPS) is 29.0. The van der Waals surface area contributed by atoms with E-state index >= 15 is 0 Å². The molecule has 2 N–H and O–H groups in total. The van der Waals surface area contributed by atoms with E-state index in [-0.39, 0.29) is 16.8 Å². The summed E-state index contributed by atoms with van der Waals surface area (Å²) in [5, 5.41) is 4.62. The fourth-order valence-electron chi connectivity index (χ4n) is 0.652. The van der Waals surface area contributed by atoms with E-state index in [0.29, 0.717) is 0 Å². The van der Waals surface area contributed by atoms with Crippen LogP contribution in [0.5, 0.6) is 0 Å². The minimum Gasteiger partial charge on any atom is -0.251 e. The summed E-state index contributed by atoms with van der Waals surface area (Å²) >= 11 is 0. The van der Waals surface area contributed by atoms with Crippen molar-refractivity contribution in [3.05, 3.63) is 0 Å². The van der Waals surface area contributed by atoms with E-state index in [9.17, 15) is 12.6 Å². The van der Waals surface area contributed by atoms with E-state index < -0.39 is 20.8 Å². The smallest absolute Gasteiger partial charge is 0.152 e. The Kier molecular flexibility index (Phi) is 1.62. The van der Waals surface area contributed by atoms with Gasteiger partial charge in [0, 0.05) is 0 Å². The average molecular weight is 169 g/mol. The van der Waals surface area contributed by atoms with Crippen LogP contribution in [0.1, 0.15) is 0 Å². The molecule has 0 spiro atoms. The zero-order valence-electron chi connectivity index (χ0n) is 4.61. The Hall–Kier alpha value is 0.0600. The summed E-state index contributed by atoms with van der Waals surface area (Å²) in [4.78, 5) is 0. The van der Waals surface area contributed by atoms with Crippen LogP contribution in [0.4, 0.5) is 0 Å². The van der Waals surface area contributed by atoms with Crippen LogP contribution in [0, 0.1) is 0 Å². The van der Waals surface area contributed by atoms with Crippen LogP contribution in [-0.4, -0.2) is 29.4 Å². The quantitative estimate of drug-likeness (QED) is 0.514. The molecule has 1 atom stereocenters. The summed E-state index contributed by atoms with van der Waals surface area (Å²) in [7, 11) is -4.30. The third-order valence-electron chi connectivity index (χ3n) is 1.21. The number of hydrogen-bond donors (Lipinski definition) is 1. The Labute approximate surface area is 55.9 Å². The molecule has 0 saturated carbocycles. The second-order valence-corrected chi connectivity index (χ2v) is 5.50. The maximum atomic E-state index is 10.4. The highest BCUT2D eigenvalue weighted by atomic mass is 32.2. The Morgan fingerprint density at radius 3 is 2.00 bits per heavy atom. The van der Waals surface area contributed by atoms with E-state index in [2.05, 4.69) is 0 Å². The zero-order chi connectivity index (χ0) is 7.07. The van der Waals surface area contributed by atoms with Gasteiger partial charge in [-0.3, -0.25) is 5.14 Å². The predicted octanol–water partition coefficient (Wildman–Crippen LogP) is -1.59. The molecular formula is C3H7NO3S2. The molecule has 1 unspecified atom stereocenters. The lowest BCUT2D eigenvalue weighted by molar-refractivity contribution is 0.578. The Morgan fingerprint density at radius 1 is 1.44 bits per heavy atom. The van der Waals surface area contributed by atoms with Gasteiger partial charge in [-0.1, -0.05) is 0 Å². The topological polar surface area (TPSA) is 77.2 Å². The molecule has 1 fully saturated rings. The molecule has 1 aliphatic heterocycles. The first-order chi connectivity index (χ1) is 4.01. The third-order valence-corrected chi connectivity index (χ3v) is 4.44. The van der Waals surface area contributed by atoms with Gasteiger partial charge < -0.3 is 0 Å². The molecule has 1 rings (SSSR count). The monoisotopic (exact) mass is 169 g/mol. The van der Waals surface area contributed by atoms with Crippen molar-refractivity contribution in [1.29, 1.82) is 0 Å². The fraction of sp³-hybridized carbons (Fsp3) is 1.00. The minimum absolute atomic E-state index is 0.00386. The zero-order valence-corrected chi connectivity index (χ0v) is 6.24. The van der Waals surface area contributed by atoms with Crippen LogP contribution in [0.3, 0.4) is 0 Å². The fourth-order valence-corrected chi connectivity index (χ4v) is 4.00. The molecule has 4 nitrogen and oxygen atoms in total. The van der Waals surface area contributed by atoms with Crippen LogP contribution in [0.15, 0.2) is 0 Å².